The molecular weight excluding hydrogens is 318 g/mol. The number of aromatic hydroxyl groups is 1. The van der Waals surface area contributed by atoms with Crippen LogP contribution in [0.3, 0.4) is 0 Å². The van der Waals surface area contributed by atoms with Crippen molar-refractivity contribution in [3.8, 4) is 5.75 Å². The summed E-state index contributed by atoms with van der Waals surface area (Å²) in [6.07, 6.45) is 10.9. The molecule has 1 aliphatic heterocycles. The SMILES string of the molecule is Oc1ccc(C(C=Cc2ccccc2)=C2CCCCC2N2CCC2)cc1. The molecule has 2 aromatic rings. The van der Waals surface area contributed by atoms with Gasteiger partial charge in [0.25, 0.3) is 0 Å². The zero-order valence-electron chi connectivity index (χ0n) is 15.3. The maximum Gasteiger partial charge on any atom is 0.115 e. The predicted molar refractivity (Wildman–Crippen MR) is 109 cm³/mol. The molecule has 1 heterocycles. The van der Waals surface area contributed by atoms with Gasteiger partial charge in [0, 0.05) is 6.04 Å². The molecule has 2 fully saturated rings. The lowest BCUT2D eigenvalue weighted by Gasteiger charge is -2.42. The van der Waals surface area contributed by atoms with Crippen LogP contribution in [0.25, 0.3) is 11.6 Å². The first-order valence-corrected chi connectivity index (χ1v) is 9.81. The van der Waals surface area contributed by atoms with Gasteiger partial charge in [-0.05, 0) is 73.2 Å². The second kappa shape index (κ2) is 7.92. The molecule has 4 rings (SSSR count). The van der Waals surface area contributed by atoms with E-state index in [9.17, 15) is 5.11 Å². The first-order chi connectivity index (χ1) is 12.8. The molecule has 1 atom stereocenters. The van der Waals surface area contributed by atoms with Gasteiger partial charge in [0.1, 0.15) is 5.75 Å². The lowest BCUT2D eigenvalue weighted by Crippen LogP contribution is -2.47. The lowest BCUT2D eigenvalue weighted by molar-refractivity contribution is 0.121. The Morgan fingerprint density at radius 3 is 2.38 bits per heavy atom. The highest BCUT2D eigenvalue weighted by Crippen LogP contribution is 2.36. The molecule has 26 heavy (non-hydrogen) atoms. The Balaban J connectivity index is 1.75. The van der Waals surface area contributed by atoms with Crippen molar-refractivity contribution in [3.05, 3.63) is 77.4 Å². The van der Waals surface area contributed by atoms with Gasteiger partial charge in [-0.2, -0.15) is 0 Å². The molecule has 0 amide bonds. The average Bonchev–Trinajstić information content (AvgIpc) is 2.64. The van der Waals surface area contributed by atoms with Gasteiger partial charge in [-0.25, -0.2) is 0 Å². The molecule has 1 N–H and O–H groups in total. The van der Waals surface area contributed by atoms with Crippen LogP contribution in [0.15, 0.2) is 66.2 Å². The third-order valence-electron chi connectivity index (χ3n) is 5.67. The van der Waals surface area contributed by atoms with Crippen molar-refractivity contribution in [2.45, 2.75) is 38.1 Å². The molecule has 134 valence electrons. The second-order valence-electron chi connectivity index (χ2n) is 7.38. The molecular formula is C24H27NO. The molecule has 2 aliphatic rings. The highest BCUT2D eigenvalue weighted by molar-refractivity contribution is 5.82. The number of hydrogen-bond acceptors (Lipinski definition) is 2. The van der Waals surface area contributed by atoms with E-state index < -0.39 is 0 Å². The summed E-state index contributed by atoms with van der Waals surface area (Å²) < 4.78 is 0. The zero-order valence-corrected chi connectivity index (χ0v) is 15.3. The monoisotopic (exact) mass is 345 g/mol. The molecule has 1 saturated carbocycles. The standard InChI is InChI=1S/C24H27NO/c26-21-14-12-20(13-15-21)22(16-11-19-7-2-1-3-8-19)23-9-4-5-10-24(23)25-17-6-18-25/h1-3,7-8,11-16,24,26H,4-6,9-10,17-18H2. The fourth-order valence-corrected chi connectivity index (χ4v) is 4.14. The van der Waals surface area contributed by atoms with Crippen molar-refractivity contribution in [2.24, 2.45) is 0 Å². The Morgan fingerprint density at radius 1 is 0.923 bits per heavy atom. The average molecular weight is 345 g/mol. The minimum atomic E-state index is 0.327. The van der Waals surface area contributed by atoms with Crippen LogP contribution in [0.1, 0.15) is 43.2 Å². The summed E-state index contributed by atoms with van der Waals surface area (Å²) in [5, 5.41) is 9.70. The normalized spacial score (nSPS) is 23.0. The van der Waals surface area contributed by atoms with Crippen molar-refractivity contribution in [2.75, 3.05) is 13.1 Å². The summed E-state index contributed by atoms with van der Waals surface area (Å²) in [4.78, 5) is 2.64. The summed E-state index contributed by atoms with van der Waals surface area (Å²) in [5.74, 6) is 0.327. The number of benzene rings is 2. The Morgan fingerprint density at radius 2 is 1.69 bits per heavy atom. The van der Waals surface area contributed by atoms with E-state index in [1.54, 1.807) is 17.7 Å². The molecule has 1 saturated heterocycles. The summed E-state index contributed by atoms with van der Waals surface area (Å²) in [6, 6.07) is 18.8. The lowest BCUT2D eigenvalue weighted by atomic mass is 9.82. The predicted octanol–water partition coefficient (Wildman–Crippen LogP) is 5.51. The van der Waals surface area contributed by atoms with E-state index in [1.807, 2.05) is 0 Å². The number of likely N-dealkylation sites (tertiary alicyclic amines) is 1. The fourth-order valence-electron chi connectivity index (χ4n) is 4.14. The van der Waals surface area contributed by atoms with Crippen molar-refractivity contribution >= 4 is 11.6 Å². The minimum absolute atomic E-state index is 0.327. The van der Waals surface area contributed by atoms with Gasteiger partial charge in [-0.15, -0.1) is 0 Å². The van der Waals surface area contributed by atoms with Crippen LogP contribution in [-0.4, -0.2) is 29.1 Å². The van der Waals surface area contributed by atoms with Crippen LogP contribution in [0.5, 0.6) is 5.75 Å². The zero-order chi connectivity index (χ0) is 17.8. The Hall–Kier alpha value is -2.32. The number of phenolic OH excluding ortho intramolecular Hbond substituents is 1. The Kier molecular flexibility index (Phi) is 5.21. The minimum Gasteiger partial charge on any atom is -0.508 e. The Labute approximate surface area is 156 Å². The van der Waals surface area contributed by atoms with Crippen LogP contribution in [0, 0.1) is 0 Å². The molecule has 0 aromatic heterocycles. The van der Waals surface area contributed by atoms with Gasteiger partial charge in [0.05, 0.1) is 0 Å². The number of allylic oxidation sites excluding steroid dienone is 2. The highest BCUT2D eigenvalue weighted by Gasteiger charge is 2.30. The van der Waals surface area contributed by atoms with Crippen molar-refractivity contribution in [3.63, 3.8) is 0 Å². The van der Waals surface area contributed by atoms with Crippen LogP contribution < -0.4 is 0 Å². The van der Waals surface area contributed by atoms with Gasteiger partial charge >= 0.3 is 0 Å². The van der Waals surface area contributed by atoms with E-state index in [4.69, 9.17) is 0 Å². The smallest absolute Gasteiger partial charge is 0.115 e. The van der Waals surface area contributed by atoms with Crippen LogP contribution in [0.4, 0.5) is 0 Å². The number of rotatable bonds is 4. The first-order valence-electron chi connectivity index (χ1n) is 9.81. The quantitative estimate of drug-likeness (QED) is 0.790. The van der Waals surface area contributed by atoms with Crippen LogP contribution >= 0.6 is 0 Å². The molecule has 0 bridgehead atoms. The van der Waals surface area contributed by atoms with E-state index >= 15 is 0 Å². The van der Waals surface area contributed by atoms with Gasteiger partial charge < -0.3 is 5.11 Å². The molecule has 2 aromatic carbocycles. The fraction of sp³-hybridized carbons (Fsp3) is 0.333. The summed E-state index contributed by atoms with van der Waals surface area (Å²) in [7, 11) is 0. The highest BCUT2D eigenvalue weighted by atomic mass is 16.3. The van der Waals surface area contributed by atoms with Gasteiger partial charge in [0.2, 0.25) is 0 Å². The van der Waals surface area contributed by atoms with Gasteiger partial charge in [-0.3, -0.25) is 4.90 Å². The summed E-state index contributed by atoms with van der Waals surface area (Å²) in [5.41, 5.74) is 5.34. The van der Waals surface area contributed by atoms with Crippen molar-refractivity contribution in [1.82, 2.24) is 4.90 Å². The van der Waals surface area contributed by atoms with E-state index in [-0.39, 0.29) is 0 Å². The second-order valence-corrected chi connectivity index (χ2v) is 7.38. The van der Waals surface area contributed by atoms with Crippen molar-refractivity contribution < 1.29 is 5.11 Å². The van der Waals surface area contributed by atoms with Gasteiger partial charge in [0.15, 0.2) is 0 Å². The molecule has 1 unspecified atom stereocenters. The molecule has 2 nitrogen and oxygen atoms in total. The third-order valence-corrected chi connectivity index (χ3v) is 5.67. The first kappa shape index (κ1) is 17.1. The molecule has 2 heteroatoms. The van der Waals surface area contributed by atoms with Crippen LogP contribution in [0.2, 0.25) is 0 Å². The van der Waals surface area contributed by atoms with E-state index in [1.165, 1.54) is 61.9 Å². The topological polar surface area (TPSA) is 23.5 Å². The maximum absolute atomic E-state index is 9.70. The van der Waals surface area contributed by atoms with E-state index in [0.717, 1.165) is 0 Å². The number of hydrogen-bond donors (Lipinski definition) is 1. The van der Waals surface area contributed by atoms with E-state index in [0.29, 0.717) is 11.8 Å². The van der Waals surface area contributed by atoms with E-state index in [2.05, 4.69) is 59.5 Å². The third kappa shape index (κ3) is 3.76. The molecule has 0 spiro atoms. The van der Waals surface area contributed by atoms with Crippen LogP contribution in [-0.2, 0) is 0 Å². The van der Waals surface area contributed by atoms with Gasteiger partial charge in [-0.1, -0.05) is 61.0 Å². The maximum atomic E-state index is 9.70. The number of phenols is 1. The van der Waals surface area contributed by atoms with Crippen molar-refractivity contribution in [1.29, 1.82) is 0 Å². The summed E-state index contributed by atoms with van der Waals surface area (Å²) in [6.45, 7) is 2.47. The molecule has 1 aliphatic carbocycles. The number of nitrogens with zero attached hydrogens (tertiary/aromatic N) is 1. The summed E-state index contributed by atoms with van der Waals surface area (Å²) >= 11 is 0. The Bertz CT molecular complexity index is 785. The molecule has 0 radical (unpaired) electrons. The largest absolute Gasteiger partial charge is 0.508 e.